The smallest absolute Gasteiger partial charge is 0.161 e. The van der Waals surface area contributed by atoms with Gasteiger partial charge in [-0.25, -0.2) is 0 Å². The molecule has 0 unspecified atom stereocenters. The van der Waals surface area contributed by atoms with Gasteiger partial charge in [0.05, 0.1) is 37.8 Å². The molecular weight excluding hydrogens is 1140 g/mol. The Labute approximate surface area is 559 Å². The van der Waals surface area contributed by atoms with E-state index in [1.54, 1.807) is 36.7 Å². The molecule has 5 aromatic carbocycles. The van der Waals surface area contributed by atoms with E-state index >= 15 is 0 Å². The summed E-state index contributed by atoms with van der Waals surface area (Å²) >= 11 is 0. The predicted molar refractivity (Wildman–Crippen MR) is 388 cm³/mol. The molecule has 0 aliphatic carbocycles. The molecule has 0 saturated heterocycles. The number of para-hydroxylation sites is 2. The highest BCUT2D eigenvalue weighted by Gasteiger charge is 2.13. The summed E-state index contributed by atoms with van der Waals surface area (Å²) in [5.41, 5.74) is 4.20. The van der Waals surface area contributed by atoms with Crippen molar-refractivity contribution in [3.05, 3.63) is 119 Å². The van der Waals surface area contributed by atoms with Gasteiger partial charge in [0.1, 0.15) is 36.2 Å². The number of aromatic hydroxyl groups is 2. The van der Waals surface area contributed by atoms with Gasteiger partial charge in [0.15, 0.2) is 23.0 Å². The van der Waals surface area contributed by atoms with Crippen molar-refractivity contribution >= 4 is 23.8 Å². The van der Waals surface area contributed by atoms with Crippen molar-refractivity contribution in [1.29, 1.82) is 0 Å². The largest absolute Gasteiger partial charge is 0.507 e. The van der Waals surface area contributed by atoms with Crippen LogP contribution in [-0.4, -0.2) is 49.1 Å². The lowest BCUT2D eigenvalue weighted by Crippen LogP contribution is -2.04. The maximum Gasteiger partial charge on any atom is 0.161 e. The van der Waals surface area contributed by atoms with Crippen LogP contribution in [0, 0.1) is 0 Å². The SMILES string of the molecule is CCCCCCCCCCCCOc1ccc(COc2ccc(C=Nc3ccccc3N=Cc3ccc(OCc4ccc(OCCCCCCCCCCCC)c(OCCCCCCCCCCCC)c4)cc3O)c(O)c2)cc1OCCCCCCCCCCCC. The molecule has 510 valence electrons. The number of rotatable bonds is 58. The molecule has 2 N–H and O–H groups in total. The van der Waals surface area contributed by atoms with Crippen molar-refractivity contribution in [2.45, 2.75) is 298 Å². The van der Waals surface area contributed by atoms with Gasteiger partial charge >= 0.3 is 0 Å². The lowest BCUT2D eigenvalue weighted by Gasteiger charge is -2.15. The third-order valence-corrected chi connectivity index (χ3v) is 17.4. The number of ether oxygens (including phenoxy) is 6. The molecule has 0 bridgehead atoms. The third kappa shape index (κ3) is 34.7. The van der Waals surface area contributed by atoms with E-state index in [-0.39, 0.29) is 11.5 Å². The summed E-state index contributed by atoms with van der Waals surface area (Å²) in [6.45, 7) is 12.4. The Bertz CT molecular complexity index is 2520. The summed E-state index contributed by atoms with van der Waals surface area (Å²) < 4.78 is 38.0. The van der Waals surface area contributed by atoms with Gasteiger partial charge in [-0.3, -0.25) is 9.98 Å². The van der Waals surface area contributed by atoms with E-state index in [1.165, 1.54) is 231 Å². The van der Waals surface area contributed by atoms with Crippen LogP contribution in [-0.2, 0) is 13.2 Å². The molecule has 0 fully saturated rings. The summed E-state index contributed by atoms with van der Waals surface area (Å²) in [6.07, 6.45) is 54.6. The number of nitrogens with zero attached hydrogens (tertiary/aromatic N) is 2. The van der Waals surface area contributed by atoms with Crippen molar-refractivity contribution < 1.29 is 38.6 Å². The van der Waals surface area contributed by atoms with Crippen molar-refractivity contribution in [3.63, 3.8) is 0 Å². The monoisotopic (exact) mass is 1260 g/mol. The van der Waals surface area contributed by atoms with Gasteiger partial charge in [-0.2, -0.15) is 0 Å². The average Bonchev–Trinajstić information content (AvgIpc) is 1.62. The molecule has 0 atom stereocenters. The standard InChI is InChI=1S/C82H124N2O8/c1-5-9-13-17-21-25-29-33-37-43-57-87-79-55-49-69(61-81(79)89-59-45-39-35-31-27-23-19-15-11-7-3)67-91-73-53-51-71(77(85)63-73)65-83-75-47-41-42-48-76(75)84-66-72-52-54-74(64-78(72)86)92-68-70-50-56-80(88-58-44-38-34-30-26-22-18-14-10-6-2)82(62-70)90-60-46-40-36-32-28-24-20-16-12-8-4/h41-42,47-56,61-66,85-86H,5-40,43-46,57-60,67-68H2,1-4H3. The Morgan fingerprint density at radius 1 is 0.283 bits per heavy atom. The second-order valence-electron chi connectivity index (χ2n) is 25.7. The minimum Gasteiger partial charge on any atom is -0.507 e. The van der Waals surface area contributed by atoms with Gasteiger partial charge in [0, 0.05) is 35.7 Å². The van der Waals surface area contributed by atoms with Crippen LogP contribution in [0.1, 0.15) is 307 Å². The van der Waals surface area contributed by atoms with Gasteiger partial charge in [-0.15, -0.1) is 0 Å². The van der Waals surface area contributed by atoms with E-state index in [0.29, 0.717) is 73.6 Å². The van der Waals surface area contributed by atoms with E-state index < -0.39 is 0 Å². The number of benzene rings is 5. The molecule has 5 aromatic rings. The lowest BCUT2D eigenvalue weighted by molar-refractivity contribution is 0.256. The summed E-state index contributed by atoms with van der Waals surface area (Å²) in [5.74, 6) is 4.26. The molecular formula is C82H124N2O8. The Morgan fingerprint density at radius 2 is 0.554 bits per heavy atom. The van der Waals surface area contributed by atoms with E-state index in [4.69, 9.17) is 38.4 Å². The maximum absolute atomic E-state index is 11.2. The molecule has 0 saturated carbocycles. The van der Waals surface area contributed by atoms with Crippen molar-refractivity contribution in [2.75, 3.05) is 26.4 Å². The Kier molecular flexibility index (Phi) is 42.7. The summed E-state index contributed by atoms with van der Waals surface area (Å²) in [7, 11) is 0. The molecule has 0 aliphatic heterocycles. The average molecular weight is 1270 g/mol. The Balaban J connectivity index is 1.11. The first-order chi connectivity index (χ1) is 45.4. The topological polar surface area (TPSA) is 121 Å². The fourth-order valence-electron chi connectivity index (χ4n) is 11.6. The van der Waals surface area contributed by atoms with Crippen molar-refractivity contribution in [3.8, 4) is 46.0 Å². The third-order valence-electron chi connectivity index (χ3n) is 17.4. The van der Waals surface area contributed by atoms with Crippen LogP contribution in [0.15, 0.2) is 107 Å². The van der Waals surface area contributed by atoms with Crippen molar-refractivity contribution in [1.82, 2.24) is 0 Å². The maximum atomic E-state index is 11.2. The summed E-state index contributed by atoms with van der Waals surface area (Å²) in [4.78, 5) is 9.45. The second kappa shape index (κ2) is 51.3. The van der Waals surface area contributed by atoms with Crippen LogP contribution in [0.5, 0.6) is 46.0 Å². The highest BCUT2D eigenvalue weighted by molar-refractivity contribution is 5.89. The van der Waals surface area contributed by atoms with Crippen LogP contribution < -0.4 is 28.4 Å². The number of unbranched alkanes of at least 4 members (excludes halogenated alkanes) is 36. The van der Waals surface area contributed by atoms with E-state index in [0.717, 1.165) is 59.8 Å². The summed E-state index contributed by atoms with van der Waals surface area (Å²) in [5, 5.41) is 22.3. The minimum absolute atomic E-state index is 0.0462. The van der Waals surface area contributed by atoms with Gasteiger partial charge in [0.25, 0.3) is 0 Å². The number of hydrogen-bond donors (Lipinski definition) is 2. The molecule has 0 radical (unpaired) electrons. The van der Waals surface area contributed by atoms with Gasteiger partial charge in [0.2, 0.25) is 0 Å². The first kappa shape index (κ1) is 76.6. The molecule has 10 nitrogen and oxygen atoms in total. The molecule has 0 aliphatic rings. The number of aliphatic imine (C=N–C) groups is 2. The second-order valence-corrected chi connectivity index (χ2v) is 25.7. The van der Waals surface area contributed by atoms with Crippen LogP contribution in [0.25, 0.3) is 0 Å². The summed E-state index contributed by atoms with van der Waals surface area (Å²) in [6, 6.07) is 30.2. The molecule has 92 heavy (non-hydrogen) atoms. The first-order valence-corrected chi connectivity index (χ1v) is 37.3. The molecule has 0 heterocycles. The zero-order valence-corrected chi connectivity index (χ0v) is 58.2. The first-order valence-electron chi connectivity index (χ1n) is 37.3. The van der Waals surface area contributed by atoms with Crippen LogP contribution >= 0.6 is 0 Å². The fourth-order valence-corrected chi connectivity index (χ4v) is 11.6. The zero-order chi connectivity index (χ0) is 65.0. The zero-order valence-electron chi connectivity index (χ0n) is 58.2. The van der Waals surface area contributed by atoms with Crippen molar-refractivity contribution in [2.24, 2.45) is 9.98 Å². The number of phenolic OH excluding ortho intramolecular Hbond substituents is 2. The van der Waals surface area contributed by atoms with Gasteiger partial charge < -0.3 is 38.6 Å². The van der Waals surface area contributed by atoms with Crippen LogP contribution in [0.2, 0.25) is 0 Å². The molecule has 0 aromatic heterocycles. The van der Waals surface area contributed by atoms with Gasteiger partial charge in [-0.05, 0) is 97.5 Å². The quantitative estimate of drug-likeness (QED) is 0.0292. The van der Waals surface area contributed by atoms with Crippen LogP contribution in [0.3, 0.4) is 0 Å². The van der Waals surface area contributed by atoms with E-state index in [2.05, 4.69) is 27.7 Å². The molecule has 10 heteroatoms. The molecule has 0 spiro atoms. The van der Waals surface area contributed by atoms with E-state index in [1.807, 2.05) is 72.8 Å². The fraction of sp³-hybridized carbons (Fsp3) is 0.610. The van der Waals surface area contributed by atoms with E-state index in [9.17, 15) is 10.2 Å². The highest BCUT2D eigenvalue weighted by Crippen LogP contribution is 2.34. The number of phenols is 2. The van der Waals surface area contributed by atoms with Crippen LogP contribution in [0.4, 0.5) is 11.4 Å². The Hall–Kier alpha value is -6.16. The highest BCUT2D eigenvalue weighted by atomic mass is 16.5. The minimum atomic E-state index is 0.0462. The molecule has 0 amide bonds. The normalized spacial score (nSPS) is 11.5. The van der Waals surface area contributed by atoms with Gasteiger partial charge in [-0.1, -0.05) is 283 Å². The molecule has 5 rings (SSSR count). The number of hydrogen-bond acceptors (Lipinski definition) is 10. The Morgan fingerprint density at radius 3 is 0.837 bits per heavy atom. The lowest BCUT2D eigenvalue weighted by atomic mass is 10.1. The predicted octanol–water partition coefficient (Wildman–Crippen LogP) is 25.0.